The van der Waals surface area contributed by atoms with Gasteiger partial charge in [-0.15, -0.1) is 0 Å². The van der Waals surface area contributed by atoms with Crippen molar-refractivity contribution < 1.29 is 5.11 Å². The highest BCUT2D eigenvalue weighted by molar-refractivity contribution is 6.78. The van der Waals surface area contributed by atoms with Gasteiger partial charge >= 0.3 is 0 Å². The van der Waals surface area contributed by atoms with Crippen molar-refractivity contribution in [2.24, 2.45) is 0 Å². The molecule has 0 fully saturated rings. The first-order valence-electron chi connectivity index (χ1n) is 5.06. The normalized spacial score (nSPS) is 13.7. The van der Waals surface area contributed by atoms with Crippen molar-refractivity contribution in [2.45, 2.75) is 18.9 Å². The van der Waals surface area contributed by atoms with Gasteiger partial charge in [-0.05, 0) is 17.5 Å². The average Bonchev–Trinajstić information content (AvgIpc) is 2.28. The smallest absolute Gasteiger partial charge is 0.226 e. The second kappa shape index (κ2) is 6.54. The Labute approximate surface area is 146 Å². The van der Waals surface area contributed by atoms with E-state index in [1.807, 2.05) is 0 Å². The predicted molar refractivity (Wildman–Crippen MR) is 85.3 cm³/mol. The molecular formula is C11H9Cl7O. The van der Waals surface area contributed by atoms with E-state index < -0.39 is 12.5 Å². The molecule has 0 unspecified atom stereocenters. The lowest BCUT2D eigenvalue weighted by Crippen LogP contribution is -2.45. The number of rotatable bonds is 4. The molecule has 0 heterocycles. The predicted octanol–water partition coefficient (Wildman–Crippen LogP) is 5.40. The molecule has 0 aliphatic carbocycles. The minimum Gasteiger partial charge on any atom is -0.396 e. The van der Waals surface area contributed by atoms with Crippen molar-refractivity contribution in [3.8, 4) is 0 Å². The molecule has 1 aromatic rings. The van der Waals surface area contributed by atoms with Crippen molar-refractivity contribution in [1.29, 1.82) is 0 Å². The quantitative estimate of drug-likeness (QED) is 0.666. The van der Waals surface area contributed by atoms with E-state index in [2.05, 4.69) is 0 Å². The van der Waals surface area contributed by atoms with Gasteiger partial charge in [-0.1, -0.05) is 105 Å². The summed E-state index contributed by atoms with van der Waals surface area (Å²) in [5.41, 5.74) is 1.29. The molecule has 8 heteroatoms. The van der Waals surface area contributed by atoms with Gasteiger partial charge in [0.05, 0.1) is 0 Å². The van der Waals surface area contributed by atoms with Crippen LogP contribution < -0.4 is 0 Å². The number of aliphatic hydroxyl groups is 1. The molecule has 1 aromatic carbocycles. The SMILES string of the molecule is OCCc1ccc(C(Cl)(Cl)C(Cl)(Cl)C(Cl)(Cl)Cl)cc1. The number of aliphatic hydroxyl groups excluding tert-OH is 1. The fraction of sp³-hybridized carbons (Fsp3) is 0.455. The summed E-state index contributed by atoms with van der Waals surface area (Å²) >= 11 is 41.5. The van der Waals surface area contributed by atoms with Gasteiger partial charge in [0, 0.05) is 6.61 Å². The molecule has 108 valence electrons. The van der Waals surface area contributed by atoms with Crippen molar-refractivity contribution >= 4 is 81.2 Å². The van der Waals surface area contributed by atoms with E-state index >= 15 is 0 Å². The zero-order chi connectivity index (χ0) is 14.9. The first-order valence-corrected chi connectivity index (χ1v) is 7.71. The van der Waals surface area contributed by atoms with E-state index in [-0.39, 0.29) is 6.61 Å². The number of alkyl halides is 7. The Bertz CT molecular complexity index is 422. The zero-order valence-corrected chi connectivity index (χ0v) is 14.6. The number of hydrogen-bond acceptors (Lipinski definition) is 1. The molecule has 0 radical (unpaired) electrons. The van der Waals surface area contributed by atoms with Crippen LogP contribution in [0.4, 0.5) is 0 Å². The Balaban J connectivity index is 3.13. The topological polar surface area (TPSA) is 20.2 Å². The van der Waals surface area contributed by atoms with Gasteiger partial charge in [0.2, 0.25) is 8.13 Å². The molecule has 0 saturated carbocycles. The molecule has 0 amide bonds. The molecule has 0 bridgehead atoms. The molecule has 0 spiro atoms. The highest BCUT2D eigenvalue weighted by atomic mass is 35.6. The third-order valence-electron chi connectivity index (χ3n) is 2.47. The summed E-state index contributed by atoms with van der Waals surface area (Å²) in [5, 5.41) is 8.84. The van der Waals surface area contributed by atoms with Gasteiger partial charge in [-0.3, -0.25) is 0 Å². The Morgan fingerprint density at radius 1 is 0.842 bits per heavy atom. The Hall–Kier alpha value is 1.21. The lowest BCUT2D eigenvalue weighted by molar-refractivity contribution is 0.299. The van der Waals surface area contributed by atoms with Crippen LogP contribution in [0.1, 0.15) is 11.1 Å². The number of hydrogen-bond donors (Lipinski definition) is 1. The molecule has 1 N–H and O–H groups in total. The maximum atomic E-state index is 8.84. The number of halogens is 7. The summed E-state index contributed by atoms with van der Waals surface area (Å²) in [4.78, 5) is 0. The van der Waals surface area contributed by atoms with Gasteiger partial charge < -0.3 is 5.11 Å². The molecule has 0 atom stereocenters. The lowest BCUT2D eigenvalue weighted by Gasteiger charge is -2.37. The van der Waals surface area contributed by atoms with E-state index in [0.29, 0.717) is 12.0 Å². The first-order chi connectivity index (χ1) is 8.54. The summed E-state index contributed by atoms with van der Waals surface area (Å²) < 4.78 is -5.95. The molecule has 19 heavy (non-hydrogen) atoms. The van der Waals surface area contributed by atoms with E-state index in [0.717, 1.165) is 5.56 Å². The fourth-order valence-corrected chi connectivity index (χ4v) is 2.84. The van der Waals surface area contributed by atoms with Crippen LogP contribution in [-0.4, -0.2) is 19.8 Å². The summed E-state index contributed by atoms with van der Waals surface area (Å²) in [5.74, 6) is 0. The second-order valence-corrected chi connectivity index (χ2v) is 8.75. The molecule has 1 nitrogen and oxygen atoms in total. The van der Waals surface area contributed by atoms with Crippen LogP contribution in [0.3, 0.4) is 0 Å². The summed E-state index contributed by atoms with van der Waals surface area (Å²) in [6.07, 6.45) is 0.509. The van der Waals surface area contributed by atoms with Crippen molar-refractivity contribution in [3.05, 3.63) is 35.4 Å². The van der Waals surface area contributed by atoms with Gasteiger partial charge in [0.25, 0.3) is 0 Å². The van der Waals surface area contributed by atoms with Crippen LogP contribution in [0.5, 0.6) is 0 Å². The van der Waals surface area contributed by atoms with Crippen LogP contribution >= 0.6 is 81.2 Å². The van der Waals surface area contributed by atoms with Gasteiger partial charge in [-0.25, -0.2) is 0 Å². The first kappa shape index (κ1) is 18.3. The summed E-state index contributed by atoms with van der Waals surface area (Å²) in [7, 11) is 0. The number of benzene rings is 1. The van der Waals surface area contributed by atoms with Gasteiger partial charge in [0.1, 0.15) is 0 Å². The van der Waals surface area contributed by atoms with Gasteiger partial charge in [0.15, 0.2) is 4.33 Å². The van der Waals surface area contributed by atoms with Crippen molar-refractivity contribution in [1.82, 2.24) is 0 Å². The molecule has 0 aromatic heterocycles. The van der Waals surface area contributed by atoms with Gasteiger partial charge in [-0.2, -0.15) is 0 Å². The van der Waals surface area contributed by atoms with Crippen LogP contribution in [0, 0.1) is 0 Å². The average molecular weight is 405 g/mol. The largest absolute Gasteiger partial charge is 0.396 e. The van der Waals surface area contributed by atoms with Crippen LogP contribution in [0.2, 0.25) is 0 Å². The Morgan fingerprint density at radius 3 is 1.68 bits per heavy atom. The van der Waals surface area contributed by atoms with Crippen molar-refractivity contribution in [3.63, 3.8) is 0 Å². The lowest BCUT2D eigenvalue weighted by atomic mass is 10.0. The maximum absolute atomic E-state index is 8.84. The Kier molecular flexibility index (Phi) is 6.28. The van der Waals surface area contributed by atoms with Crippen LogP contribution in [0.25, 0.3) is 0 Å². The standard InChI is InChI=1S/C11H9Cl7O/c12-9(13,10(14,15)11(16,17)18)8-3-1-7(2-4-8)5-6-19/h1-4,19H,5-6H2. The molecule has 1 rings (SSSR count). The van der Waals surface area contributed by atoms with E-state index in [4.69, 9.17) is 86.3 Å². The minimum atomic E-state index is -2.08. The minimum absolute atomic E-state index is 0.0370. The molecule has 0 saturated heterocycles. The summed E-state index contributed by atoms with van der Waals surface area (Å²) in [6, 6.07) is 6.68. The highest BCUT2D eigenvalue weighted by Gasteiger charge is 2.60. The third-order valence-corrected chi connectivity index (χ3v) is 6.42. The molecule has 0 aliphatic heterocycles. The zero-order valence-electron chi connectivity index (χ0n) is 9.32. The van der Waals surface area contributed by atoms with Crippen LogP contribution in [0.15, 0.2) is 24.3 Å². The molecule has 0 aliphatic rings. The van der Waals surface area contributed by atoms with Crippen LogP contribution in [-0.2, 0) is 10.8 Å². The second-order valence-electron chi connectivity index (χ2n) is 3.82. The monoisotopic (exact) mass is 402 g/mol. The van der Waals surface area contributed by atoms with E-state index in [9.17, 15) is 0 Å². The third kappa shape index (κ3) is 3.90. The highest BCUT2D eigenvalue weighted by Crippen LogP contribution is 2.60. The fourth-order valence-electron chi connectivity index (χ4n) is 1.37. The van der Waals surface area contributed by atoms with E-state index in [1.165, 1.54) is 0 Å². The Morgan fingerprint density at radius 2 is 1.32 bits per heavy atom. The van der Waals surface area contributed by atoms with E-state index in [1.54, 1.807) is 24.3 Å². The maximum Gasteiger partial charge on any atom is 0.226 e. The summed E-state index contributed by atoms with van der Waals surface area (Å²) in [6.45, 7) is 0.0370. The molecular weight excluding hydrogens is 396 g/mol. The van der Waals surface area contributed by atoms with Crippen molar-refractivity contribution in [2.75, 3.05) is 6.61 Å².